The standard InChI is InChI=1S/C27H25BrN4O7/c1-16-4-3-5-19(8-16)31-24(33)14-37-25-20(28)9-18(11-23(25)36-2)13-30-32-27(35)26(34)29-12-17-6-7-21-22(10-17)39-15-38-21/h3-11,13H,12,14-15H2,1-2H3,(H,29,34)(H,31,33)(H,32,35)/b30-13-. The van der Waals surface area contributed by atoms with Crippen LogP contribution in [0.15, 0.2) is 64.2 Å². The van der Waals surface area contributed by atoms with Crippen LogP contribution in [-0.2, 0) is 20.9 Å². The van der Waals surface area contributed by atoms with E-state index in [1.165, 1.54) is 13.3 Å². The Balaban J connectivity index is 1.28. The second kappa shape index (κ2) is 12.8. The van der Waals surface area contributed by atoms with Crippen LogP contribution in [0.2, 0.25) is 0 Å². The van der Waals surface area contributed by atoms with Crippen molar-refractivity contribution in [1.29, 1.82) is 0 Å². The third-order valence-corrected chi connectivity index (χ3v) is 5.97. The second-order valence-corrected chi connectivity index (χ2v) is 9.16. The molecule has 0 aromatic heterocycles. The first-order chi connectivity index (χ1) is 18.8. The van der Waals surface area contributed by atoms with Crippen molar-refractivity contribution in [3.05, 3.63) is 75.8 Å². The van der Waals surface area contributed by atoms with E-state index in [-0.39, 0.29) is 25.9 Å². The molecule has 3 amide bonds. The van der Waals surface area contributed by atoms with Crippen molar-refractivity contribution < 1.29 is 33.3 Å². The maximum atomic E-state index is 12.3. The summed E-state index contributed by atoms with van der Waals surface area (Å²) < 4.78 is 22.1. The van der Waals surface area contributed by atoms with Gasteiger partial charge in [-0.3, -0.25) is 14.4 Å². The molecule has 0 saturated heterocycles. The van der Waals surface area contributed by atoms with E-state index in [1.807, 2.05) is 25.1 Å². The minimum absolute atomic E-state index is 0.126. The lowest BCUT2D eigenvalue weighted by Gasteiger charge is -2.13. The first-order valence-electron chi connectivity index (χ1n) is 11.7. The lowest BCUT2D eigenvalue weighted by atomic mass is 10.2. The number of aryl methyl sites for hydroxylation is 1. The van der Waals surface area contributed by atoms with Gasteiger partial charge < -0.3 is 29.6 Å². The first kappa shape index (κ1) is 27.5. The van der Waals surface area contributed by atoms with Gasteiger partial charge in [-0.15, -0.1) is 0 Å². The fourth-order valence-electron chi connectivity index (χ4n) is 3.54. The maximum absolute atomic E-state index is 12.3. The van der Waals surface area contributed by atoms with Gasteiger partial charge in [0.2, 0.25) is 6.79 Å². The molecule has 3 aromatic rings. The van der Waals surface area contributed by atoms with Crippen LogP contribution in [0.25, 0.3) is 0 Å². The third kappa shape index (κ3) is 7.48. The number of hydrazone groups is 1. The normalized spacial score (nSPS) is 11.7. The molecular formula is C27H25BrN4O7. The van der Waals surface area contributed by atoms with E-state index in [9.17, 15) is 14.4 Å². The monoisotopic (exact) mass is 596 g/mol. The van der Waals surface area contributed by atoms with Gasteiger partial charge in [-0.1, -0.05) is 18.2 Å². The average Bonchev–Trinajstić information content (AvgIpc) is 3.38. The molecule has 0 radical (unpaired) electrons. The Labute approximate surface area is 232 Å². The van der Waals surface area contributed by atoms with Crippen molar-refractivity contribution in [3.8, 4) is 23.0 Å². The second-order valence-electron chi connectivity index (χ2n) is 8.31. The molecule has 0 spiro atoms. The summed E-state index contributed by atoms with van der Waals surface area (Å²) >= 11 is 3.40. The number of rotatable bonds is 9. The number of anilines is 1. The molecule has 1 aliphatic heterocycles. The molecule has 1 heterocycles. The van der Waals surface area contributed by atoms with Crippen molar-refractivity contribution in [2.24, 2.45) is 5.10 Å². The molecule has 0 fully saturated rings. The summed E-state index contributed by atoms with van der Waals surface area (Å²) in [6.07, 6.45) is 1.34. The predicted octanol–water partition coefficient (Wildman–Crippen LogP) is 3.28. The van der Waals surface area contributed by atoms with Crippen molar-refractivity contribution in [3.63, 3.8) is 0 Å². The average molecular weight is 597 g/mol. The number of nitrogens with zero attached hydrogens (tertiary/aromatic N) is 1. The van der Waals surface area contributed by atoms with E-state index >= 15 is 0 Å². The molecule has 1 aliphatic rings. The Morgan fingerprint density at radius 1 is 1.05 bits per heavy atom. The number of benzene rings is 3. The topological polar surface area (TPSA) is 137 Å². The zero-order valence-corrected chi connectivity index (χ0v) is 22.7. The number of halogens is 1. The summed E-state index contributed by atoms with van der Waals surface area (Å²) in [6, 6.07) is 15.9. The first-order valence-corrected chi connectivity index (χ1v) is 12.5. The Morgan fingerprint density at radius 2 is 1.87 bits per heavy atom. The van der Waals surface area contributed by atoms with Crippen molar-refractivity contribution in [2.45, 2.75) is 13.5 Å². The van der Waals surface area contributed by atoms with Crippen LogP contribution in [0.5, 0.6) is 23.0 Å². The summed E-state index contributed by atoms with van der Waals surface area (Å²) in [7, 11) is 1.45. The van der Waals surface area contributed by atoms with E-state index in [1.54, 1.807) is 36.4 Å². The fourth-order valence-corrected chi connectivity index (χ4v) is 4.12. The van der Waals surface area contributed by atoms with Crippen LogP contribution in [0.1, 0.15) is 16.7 Å². The number of hydrogen-bond donors (Lipinski definition) is 3. The molecule has 3 aromatic carbocycles. The van der Waals surface area contributed by atoms with Gasteiger partial charge in [-0.2, -0.15) is 5.10 Å². The fraction of sp³-hybridized carbons (Fsp3) is 0.185. The minimum Gasteiger partial charge on any atom is -0.493 e. The zero-order valence-electron chi connectivity index (χ0n) is 21.1. The Bertz CT molecular complexity index is 1430. The van der Waals surface area contributed by atoms with Gasteiger partial charge in [0, 0.05) is 12.2 Å². The van der Waals surface area contributed by atoms with Crippen molar-refractivity contribution in [1.82, 2.24) is 10.7 Å². The number of carbonyl (C=O) groups excluding carboxylic acids is 3. The molecule has 12 heteroatoms. The largest absolute Gasteiger partial charge is 0.493 e. The number of fused-ring (bicyclic) bond motifs is 1. The van der Waals surface area contributed by atoms with E-state index in [0.29, 0.717) is 38.7 Å². The molecule has 11 nitrogen and oxygen atoms in total. The maximum Gasteiger partial charge on any atom is 0.329 e. The molecule has 0 bridgehead atoms. The van der Waals surface area contributed by atoms with E-state index in [2.05, 4.69) is 37.1 Å². The van der Waals surface area contributed by atoms with E-state index in [0.717, 1.165) is 11.1 Å². The van der Waals surface area contributed by atoms with E-state index in [4.69, 9.17) is 18.9 Å². The molecule has 3 N–H and O–H groups in total. The highest BCUT2D eigenvalue weighted by Crippen LogP contribution is 2.36. The lowest BCUT2D eigenvalue weighted by Crippen LogP contribution is -2.37. The Hall–Kier alpha value is -4.58. The quantitative estimate of drug-likeness (QED) is 0.196. The highest BCUT2D eigenvalue weighted by Gasteiger charge is 2.16. The predicted molar refractivity (Wildman–Crippen MR) is 146 cm³/mol. The SMILES string of the molecule is COc1cc(/C=N\NC(=O)C(=O)NCc2ccc3c(c2)OCO3)cc(Br)c1OCC(=O)Nc1cccc(C)c1. The van der Waals surface area contributed by atoms with Crippen LogP contribution in [-0.4, -0.2) is 44.4 Å². The van der Waals surface area contributed by atoms with Gasteiger partial charge >= 0.3 is 11.8 Å². The minimum atomic E-state index is -0.933. The molecule has 0 unspecified atom stereocenters. The van der Waals surface area contributed by atoms with E-state index < -0.39 is 11.8 Å². The number of ether oxygens (including phenoxy) is 4. The van der Waals surface area contributed by atoms with Gasteiger partial charge in [0.05, 0.1) is 17.8 Å². The highest BCUT2D eigenvalue weighted by atomic mass is 79.9. The molecule has 39 heavy (non-hydrogen) atoms. The van der Waals surface area contributed by atoms with Crippen LogP contribution in [0, 0.1) is 6.92 Å². The molecule has 0 atom stereocenters. The number of carbonyl (C=O) groups is 3. The smallest absolute Gasteiger partial charge is 0.329 e. The number of methoxy groups -OCH3 is 1. The third-order valence-electron chi connectivity index (χ3n) is 5.38. The van der Waals surface area contributed by atoms with Crippen LogP contribution >= 0.6 is 15.9 Å². The summed E-state index contributed by atoms with van der Waals surface area (Å²) in [5, 5.41) is 9.12. The van der Waals surface area contributed by atoms with Crippen molar-refractivity contribution >= 4 is 45.6 Å². The van der Waals surface area contributed by atoms with Gasteiger partial charge in [-0.25, -0.2) is 5.43 Å². The number of amides is 3. The Morgan fingerprint density at radius 3 is 2.67 bits per heavy atom. The van der Waals surface area contributed by atoms with Gasteiger partial charge in [0.1, 0.15) is 0 Å². The number of nitrogens with one attached hydrogen (secondary N) is 3. The summed E-state index contributed by atoms with van der Waals surface area (Å²) in [6.45, 7) is 1.96. The molecule has 202 valence electrons. The molecule has 0 aliphatic carbocycles. The van der Waals surface area contributed by atoms with Gasteiger partial charge in [-0.05, 0) is 75.9 Å². The van der Waals surface area contributed by atoms with Gasteiger partial charge in [0.25, 0.3) is 5.91 Å². The Kier molecular flexibility index (Phi) is 9.00. The van der Waals surface area contributed by atoms with Crippen LogP contribution in [0.4, 0.5) is 5.69 Å². The highest BCUT2D eigenvalue weighted by molar-refractivity contribution is 9.10. The van der Waals surface area contributed by atoms with Crippen LogP contribution in [0.3, 0.4) is 0 Å². The van der Waals surface area contributed by atoms with Crippen molar-refractivity contribution in [2.75, 3.05) is 25.8 Å². The van der Waals surface area contributed by atoms with Crippen LogP contribution < -0.4 is 35.0 Å². The summed E-state index contributed by atoms with van der Waals surface area (Å²) in [5.74, 6) is -0.250. The molecular weight excluding hydrogens is 572 g/mol. The summed E-state index contributed by atoms with van der Waals surface area (Å²) in [4.78, 5) is 36.5. The van der Waals surface area contributed by atoms with Gasteiger partial charge in [0.15, 0.2) is 29.6 Å². The summed E-state index contributed by atoms with van der Waals surface area (Å²) in [5.41, 5.74) is 5.16. The zero-order chi connectivity index (χ0) is 27.8. The lowest BCUT2D eigenvalue weighted by molar-refractivity contribution is -0.139. The molecule has 4 rings (SSSR count). The number of hydrogen-bond acceptors (Lipinski definition) is 8. The molecule has 0 saturated carbocycles.